The first-order valence-electron chi connectivity index (χ1n) is 6.49. The van der Waals surface area contributed by atoms with E-state index in [2.05, 4.69) is 12.2 Å². The SMILES string of the molecule is CCC1CN(C(=O)NC2(C(=O)O)CCC2)CCS1. The summed E-state index contributed by atoms with van der Waals surface area (Å²) in [5.41, 5.74) is -0.997. The molecule has 102 valence electrons. The highest BCUT2D eigenvalue weighted by atomic mass is 32.2. The van der Waals surface area contributed by atoms with Crippen molar-refractivity contribution in [3.63, 3.8) is 0 Å². The normalized spacial score (nSPS) is 26.3. The van der Waals surface area contributed by atoms with Crippen molar-refractivity contribution in [1.82, 2.24) is 10.2 Å². The minimum atomic E-state index is -0.997. The molecule has 1 saturated heterocycles. The number of thioether (sulfide) groups is 1. The van der Waals surface area contributed by atoms with Gasteiger partial charge in [-0.3, -0.25) is 0 Å². The Hall–Kier alpha value is -0.910. The molecule has 18 heavy (non-hydrogen) atoms. The van der Waals surface area contributed by atoms with Crippen molar-refractivity contribution in [2.24, 2.45) is 0 Å². The number of nitrogens with zero attached hydrogens (tertiary/aromatic N) is 1. The van der Waals surface area contributed by atoms with E-state index in [1.165, 1.54) is 0 Å². The predicted molar refractivity (Wildman–Crippen MR) is 70.9 cm³/mol. The van der Waals surface area contributed by atoms with Crippen LogP contribution >= 0.6 is 11.8 Å². The van der Waals surface area contributed by atoms with Crippen LogP contribution in [0.5, 0.6) is 0 Å². The monoisotopic (exact) mass is 272 g/mol. The van der Waals surface area contributed by atoms with Gasteiger partial charge in [0.2, 0.25) is 0 Å². The Labute approximate surface area is 111 Å². The molecule has 2 amide bonds. The van der Waals surface area contributed by atoms with Gasteiger partial charge in [0.1, 0.15) is 5.54 Å². The van der Waals surface area contributed by atoms with Gasteiger partial charge in [0, 0.05) is 24.1 Å². The first-order chi connectivity index (χ1) is 8.57. The first kappa shape index (κ1) is 13.5. The number of nitrogens with one attached hydrogen (secondary N) is 1. The lowest BCUT2D eigenvalue weighted by molar-refractivity contribution is -0.148. The van der Waals surface area contributed by atoms with E-state index in [1.54, 1.807) is 4.90 Å². The number of carboxylic acid groups (broad SMARTS) is 1. The predicted octanol–water partition coefficient (Wildman–Crippen LogP) is 1.53. The lowest BCUT2D eigenvalue weighted by Crippen LogP contribution is -2.62. The molecule has 1 aliphatic carbocycles. The smallest absolute Gasteiger partial charge is 0.329 e. The van der Waals surface area contributed by atoms with Gasteiger partial charge in [-0.25, -0.2) is 9.59 Å². The van der Waals surface area contributed by atoms with E-state index < -0.39 is 11.5 Å². The van der Waals surface area contributed by atoms with E-state index in [0.717, 1.165) is 25.1 Å². The highest BCUT2D eigenvalue weighted by Gasteiger charge is 2.46. The molecule has 0 aromatic carbocycles. The van der Waals surface area contributed by atoms with Gasteiger partial charge in [0.15, 0.2) is 0 Å². The number of carbonyl (C=O) groups excluding carboxylic acids is 1. The second-order valence-electron chi connectivity index (χ2n) is 5.02. The van der Waals surface area contributed by atoms with Crippen molar-refractivity contribution in [1.29, 1.82) is 0 Å². The molecular formula is C12H20N2O3S. The molecule has 1 atom stereocenters. The second-order valence-corrected chi connectivity index (χ2v) is 6.43. The van der Waals surface area contributed by atoms with Gasteiger partial charge in [-0.15, -0.1) is 0 Å². The number of aliphatic carboxylic acids is 1. The van der Waals surface area contributed by atoms with Gasteiger partial charge in [-0.1, -0.05) is 6.92 Å². The van der Waals surface area contributed by atoms with E-state index in [4.69, 9.17) is 0 Å². The third-order valence-electron chi connectivity index (χ3n) is 3.84. The number of carbonyl (C=O) groups is 2. The van der Waals surface area contributed by atoms with Gasteiger partial charge < -0.3 is 15.3 Å². The standard InChI is InChI=1S/C12H20N2O3S/c1-2-9-8-14(6-7-18-9)11(17)13-12(10(15)16)4-3-5-12/h9H,2-8H2,1H3,(H,13,17)(H,15,16). The Morgan fingerprint density at radius 2 is 2.22 bits per heavy atom. The molecule has 0 bridgehead atoms. The fraction of sp³-hybridized carbons (Fsp3) is 0.833. The maximum Gasteiger partial charge on any atom is 0.329 e. The third kappa shape index (κ3) is 2.58. The van der Waals surface area contributed by atoms with E-state index in [0.29, 0.717) is 24.6 Å². The lowest BCUT2D eigenvalue weighted by Gasteiger charge is -2.41. The van der Waals surface area contributed by atoms with Crippen LogP contribution in [0, 0.1) is 0 Å². The summed E-state index contributed by atoms with van der Waals surface area (Å²) in [5, 5.41) is 12.4. The summed E-state index contributed by atoms with van der Waals surface area (Å²) in [5.74, 6) is 0.0342. The van der Waals surface area contributed by atoms with Crippen molar-refractivity contribution in [2.75, 3.05) is 18.8 Å². The zero-order valence-electron chi connectivity index (χ0n) is 10.6. The minimum Gasteiger partial charge on any atom is -0.480 e. The van der Waals surface area contributed by atoms with Gasteiger partial charge in [0.25, 0.3) is 0 Å². The Bertz CT molecular complexity index is 344. The zero-order valence-corrected chi connectivity index (χ0v) is 11.5. The van der Waals surface area contributed by atoms with E-state index in [-0.39, 0.29) is 6.03 Å². The third-order valence-corrected chi connectivity index (χ3v) is 5.22. The maximum absolute atomic E-state index is 12.1. The summed E-state index contributed by atoms with van der Waals surface area (Å²) < 4.78 is 0. The minimum absolute atomic E-state index is 0.212. The molecule has 0 radical (unpaired) electrons. The molecular weight excluding hydrogens is 252 g/mol. The van der Waals surface area contributed by atoms with Crippen LogP contribution in [0.3, 0.4) is 0 Å². The molecule has 2 aliphatic rings. The summed E-state index contributed by atoms with van der Waals surface area (Å²) in [4.78, 5) is 25.1. The Balaban J connectivity index is 1.93. The van der Waals surface area contributed by atoms with Crippen molar-refractivity contribution >= 4 is 23.8 Å². The van der Waals surface area contributed by atoms with Crippen molar-refractivity contribution in [3.8, 4) is 0 Å². The summed E-state index contributed by atoms with van der Waals surface area (Å²) in [7, 11) is 0. The van der Waals surface area contributed by atoms with Crippen LogP contribution in [-0.2, 0) is 4.79 Å². The molecule has 0 aromatic heterocycles. The molecule has 2 fully saturated rings. The second kappa shape index (κ2) is 5.38. The van der Waals surface area contributed by atoms with Crippen LogP contribution < -0.4 is 5.32 Å². The molecule has 6 heteroatoms. The fourth-order valence-electron chi connectivity index (χ4n) is 2.36. The number of hydrogen-bond acceptors (Lipinski definition) is 3. The van der Waals surface area contributed by atoms with Gasteiger partial charge in [-0.2, -0.15) is 11.8 Å². The van der Waals surface area contributed by atoms with E-state index in [9.17, 15) is 14.7 Å². The van der Waals surface area contributed by atoms with Crippen molar-refractivity contribution < 1.29 is 14.7 Å². The Morgan fingerprint density at radius 3 is 2.72 bits per heavy atom. The maximum atomic E-state index is 12.1. The molecule has 2 rings (SSSR count). The average molecular weight is 272 g/mol. The van der Waals surface area contributed by atoms with Crippen LogP contribution in [0.4, 0.5) is 4.79 Å². The molecule has 2 N–H and O–H groups in total. The number of hydrogen-bond donors (Lipinski definition) is 2. The molecule has 1 saturated carbocycles. The number of rotatable bonds is 3. The van der Waals surface area contributed by atoms with Gasteiger partial charge in [0.05, 0.1) is 0 Å². The van der Waals surface area contributed by atoms with Crippen LogP contribution in [0.25, 0.3) is 0 Å². The summed E-state index contributed by atoms with van der Waals surface area (Å²) in [6.07, 6.45) is 3.01. The first-order valence-corrected chi connectivity index (χ1v) is 7.54. The van der Waals surface area contributed by atoms with Crippen LogP contribution in [0.15, 0.2) is 0 Å². The topological polar surface area (TPSA) is 69.6 Å². The summed E-state index contributed by atoms with van der Waals surface area (Å²) in [6, 6.07) is -0.212. The summed E-state index contributed by atoms with van der Waals surface area (Å²) >= 11 is 1.89. The molecule has 1 unspecified atom stereocenters. The van der Waals surface area contributed by atoms with E-state index >= 15 is 0 Å². The number of carboxylic acids is 1. The van der Waals surface area contributed by atoms with Crippen molar-refractivity contribution in [3.05, 3.63) is 0 Å². The number of amides is 2. The van der Waals surface area contributed by atoms with Crippen LogP contribution in [-0.4, -0.2) is 51.6 Å². The van der Waals surface area contributed by atoms with Crippen LogP contribution in [0.1, 0.15) is 32.6 Å². The van der Waals surface area contributed by atoms with E-state index in [1.807, 2.05) is 11.8 Å². The highest BCUT2D eigenvalue weighted by molar-refractivity contribution is 8.00. The number of urea groups is 1. The molecule has 1 heterocycles. The molecule has 0 spiro atoms. The zero-order chi connectivity index (χ0) is 13.2. The Kier molecular flexibility index (Phi) is 4.04. The fourth-order valence-corrected chi connectivity index (χ4v) is 3.54. The summed E-state index contributed by atoms with van der Waals surface area (Å²) in [6.45, 7) is 3.55. The van der Waals surface area contributed by atoms with Crippen molar-refractivity contribution in [2.45, 2.75) is 43.4 Å². The molecule has 1 aliphatic heterocycles. The van der Waals surface area contributed by atoms with Gasteiger partial charge in [-0.05, 0) is 25.7 Å². The largest absolute Gasteiger partial charge is 0.480 e. The quantitative estimate of drug-likeness (QED) is 0.817. The molecule has 0 aromatic rings. The Morgan fingerprint density at radius 1 is 1.50 bits per heavy atom. The molecule has 5 nitrogen and oxygen atoms in total. The highest BCUT2D eigenvalue weighted by Crippen LogP contribution is 2.32. The lowest BCUT2D eigenvalue weighted by atomic mass is 9.77. The van der Waals surface area contributed by atoms with Gasteiger partial charge >= 0.3 is 12.0 Å². The van der Waals surface area contributed by atoms with Crippen LogP contribution in [0.2, 0.25) is 0 Å². The average Bonchev–Trinajstić information content (AvgIpc) is 2.33.